The molecule has 0 amide bonds. The van der Waals surface area contributed by atoms with Crippen LogP contribution in [0.5, 0.6) is 0 Å². The van der Waals surface area contributed by atoms with Gasteiger partial charge in [0.05, 0.1) is 10.6 Å². The van der Waals surface area contributed by atoms with Gasteiger partial charge in [-0.25, -0.2) is 0 Å². The Hall–Kier alpha value is -2.30. The first-order valence-electron chi connectivity index (χ1n) is 10.7. The Kier molecular flexibility index (Phi) is 13.3. The number of hydrogen-bond acceptors (Lipinski definition) is 3. The van der Waals surface area contributed by atoms with Gasteiger partial charge in [-0.05, 0) is 55.8 Å². The minimum atomic E-state index is 0.899. The van der Waals surface area contributed by atoms with Crippen LogP contribution in [0.15, 0.2) is 79.2 Å². The molecule has 1 aromatic carbocycles. The molecule has 3 rings (SSSR count). The van der Waals surface area contributed by atoms with Gasteiger partial charge in [0.1, 0.15) is 0 Å². The topological polar surface area (TPSA) is 17.8 Å². The van der Waals surface area contributed by atoms with Gasteiger partial charge < -0.3 is 4.57 Å². The molecule has 0 aliphatic carbocycles. The summed E-state index contributed by atoms with van der Waals surface area (Å²) in [5, 5.41) is 0. The molecule has 0 saturated heterocycles. The van der Waals surface area contributed by atoms with E-state index in [1.54, 1.807) is 23.7 Å². The number of unbranched alkanes of at least 4 members (excludes halogenated alkanes) is 1. The van der Waals surface area contributed by atoms with Crippen molar-refractivity contribution in [2.45, 2.75) is 54.0 Å². The molecule has 30 heavy (non-hydrogen) atoms. The molecule has 0 fully saturated rings. The van der Waals surface area contributed by atoms with E-state index < -0.39 is 0 Å². The van der Waals surface area contributed by atoms with Crippen molar-refractivity contribution in [2.24, 2.45) is 0 Å². The van der Waals surface area contributed by atoms with Crippen molar-refractivity contribution in [1.29, 1.82) is 0 Å². The molecule has 2 nitrogen and oxygen atoms in total. The predicted octanol–water partition coefficient (Wildman–Crippen LogP) is 8.83. The van der Waals surface area contributed by atoms with E-state index >= 15 is 0 Å². The Morgan fingerprint density at radius 2 is 1.67 bits per heavy atom. The molecule has 0 radical (unpaired) electrons. The molecule has 2 aromatic heterocycles. The average molecular weight is 439 g/mol. The van der Waals surface area contributed by atoms with E-state index in [0.717, 1.165) is 16.9 Å². The van der Waals surface area contributed by atoms with Gasteiger partial charge in [-0.2, -0.15) is 0 Å². The summed E-state index contributed by atoms with van der Waals surface area (Å²) in [6, 6.07) is 16.3. The normalized spacial score (nSPS) is 10.8. The van der Waals surface area contributed by atoms with Crippen LogP contribution < -0.4 is 0 Å². The number of benzene rings is 1. The highest BCUT2D eigenvalue weighted by Crippen LogP contribution is 2.35. The van der Waals surface area contributed by atoms with Gasteiger partial charge in [0.2, 0.25) is 0 Å². The van der Waals surface area contributed by atoms with Crippen molar-refractivity contribution >= 4 is 29.1 Å². The van der Waals surface area contributed by atoms with Crippen LogP contribution in [0.3, 0.4) is 0 Å². The van der Waals surface area contributed by atoms with E-state index in [0.29, 0.717) is 0 Å². The number of aromatic nitrogens is 2. The maximum absolute atomic E-state index is 5.59. The molecular formula is C26H34N2S2. The van der Waals surface area contributed by atoms with E-state index in [1.165, 1.54) is 28.1 Å². The number of rotatable bonds is 6. The second-order valence-corrected chi connectivity index (χ2v) is 7.76. The van der Waals surface area contributed by atoms with Crippen LogP contribution in [-0.4, -0.2) is 9.55 Å². The van der Waals surface area contributed by atoms with Crippen LogP contribution in [0.25, 0.3) is 16.0 Å². The molecule has 0 bridgehead atoms. The first kappa shape index (κ1) is 25.7. The quantitative estimate of drug-likeness (QED) is 0.282. The van der Waals surface area contributed by atoms with Gasteiger partial charge in [0.25, 0.3) is 0 Å². The van der Waals surface area contributed by atoms with Crippen LogP contribution in [0.4, 0.5) is 0 Å². The third kappa shape index (κ3) is 7.85. The van der Waals surface area contributed by atoms with E-state index in [2.05, 4.69) is 78.9 Å². The average Bonchev–Trinajstić information content (AvgIpc) is 3.16. The highest BCUT2D eigenvalue weighted by Gasteiger charge is 2.15. The lowest BCUT2D eigenvalue weighted by molar-refractivity contribution is 0.754. The molecule has 0 spiro atoms. The van der Waals surface area contributed by atoms with Gasteiger partial charge in [-0.15, -0.1) is 11.3 Å². The van der Waals surface area contributed by atoms with Crippen LogP contribution in [0.1, 0.15) is 53.2 Å². The molecular weight excluding hydrogens is 404 g/mol. The Labute approximate surface area is 191 Å². The van der Waals surface area contributed by atoms with Gasteiger partial charge in [0, 0.05) is 18.9 Å². The van der Waals surface area contributed by atoms with Gasteiger partial charge >= 0.3 is 0 Å². The first-order valence-corrected chi connectivity index (χ1v) is 11.9. The van der Waals surface area contributed by atoms with Crippen LogP contribution in [-0.2, 0) is 6.54 Å². The zero-order chi connectivity index (χ0) is 22.2. The predicted molar refractivity (Wildman–Crippen MR) is 138 cm³/mol. The molecule has 0 aliphatic heterocycles. The minimum Gasteiger partial charge on any atom is -0.323 e. The summed E-state index contributed by atoms with van der Waals surface area (Å²) in [4.78, 5) is 5.05. The smallest absolute Gasteiger partial charge is 0.162 e. The molecule has 0 unspecified atom stereocenters. The molecule has 0 atom stereocenters. The molecule has 0 aliphatic rings. The molecule has 160 valence electrons. The Bertz CT molecular complexity index is 909. The molecule has 0 N–H and O–H groups in total. The van der Waals surface area contributed by atoms with E-state index in [1.807, 2.05) is 32.0 Å². The number of pyridine rings is 1. The molecule has 3 aromatic rings. The monoisotopic (exact) mass is 438 g/mol. The maximum atomic E-state index is 5.59. The van der Waals surface area contributed by atoms with Crippen molar-refractivity contribution in [3.8, 4) is 10.4 Å². The summed E-state index contributed by atoms with van der Waals surface area (Å²) in [5.74, 6) is 0. The van der Waals surface area contributed by atoms with Crippen molar-refractivity contribution in [3.05, 3.63) is 88.8 Å². The number of nitrogens with zero attached hydrogens (tertiary/aromatic N) is 2. The highest BCUT2D eigenvalue weighted by molar-refractivity contribution is 7.73. The maximum Gasteiger partial charge on any atom is 0.162 e. The van der Waals surface area contributed by atoms with Crippen LogP contribution >= 0.6 is 23.6 Å². The molecule has 2 heterocycles. The summed E-state index contributed by atoms with van der Waals surface area (Å²) in [7, 11) is 0. The fourth-order valence-electron chi connectivity index (χ4n) is 2.77. The lowest BCUT2D eigenvalue weighted by atomic mass is 10.1. The second kappa shape index (κ2) is 15.5. The lowest BCUT2D eigenvalue weighted by Gasteiger charge is -2.10. The summed E-state index contributed by atoms with van der Waals surface area (Å²) in [6.07, 6.45) is 12.4. The first-order chi connectivity index (χ1) is 14.7. The van der Waals surface area contributed by atoms with Crippen molar-refractivity contribution in [1.82, 2.24) is 9.55 Å². The fourth-order valence-corrected chi connectivity index (χ4v) is 4.32. The Morgan fingerprint density at radius 3 is 2.13 bits per heavy atom. The molecule has 0 saturated carbocycles. The van der Waals surface area contributed by atoms with Gasteiger partial charge in [-0.3, -0.25) is 4.98 Å². The van der Waals surface area contributed by atoms with Crippen molar-refractivity contribution < 1.29 is 0 Å². The Morgan fingerprint density at radius 1 is 1.03 bits per heavy atom. The van der Waals surface area contributed by atoms with E-state index in [4.69, 9.17) is 12.2 Å². The third-order valence-corrected chi connectivity index (χ3v) is 5.65. The number of thiazole rings is 1. The summed E-state index contributed by atoms with van der Waals surface area (Å²) >= 11 is 7.30. The van der Waals surface area contributed by atoms with Crippen LogP contribution in [0, 0.1) is 3.95 Å². The summed E-state index contributed by atoms with van der Waals surface area (Å²) < 4.78 is 3.19. The second-order valence-electron chi connectivity index (χ2n) is 6.12. The SMILES string of the molecule is C/C=C(\C=C/CCC)c1c(-c2ccccc2)sc(=S)n1CC.CC.c1ccncc1. The van der Waals surface area contributed by atoms with E-state index in [-0.39, 0.29) is 0 Å². The number of allylic oxidation sites excluding steroid dienone is 4. The van der Waals surface area contributed by atoms with Crippen molar-refractivity contribution in [3.63, 3.8) is 0 Å². The largest absolute Gasteiger partial charge is 0.323 e. The minimum absolute atomic E-state index is 0.899. The zero-order valence-corrected chi connectivity index (χ0v) is 20.5. The lowest BCUT2D eigenvalue weighted by Crippen LogP contribution is -2.00. The summed E-state index contributed by atoms with van der Waals surface area (Å²) in [6.45, 7) is 11.4. The number of hydrogen-bond donors (Lipinski definition) is 0. The van der Waals surface area contributed by atoms with Crippen molar-refractivity contribution in [2.75, 3.05) is 0 Å². The zero-order valence-electron chi connectivity index (χ0n) is 18.8. The van der Waals surface area contributed by atoms with E-state index in [9.17, 15) is 0 Å². The van der Waals surface area contributed by atoms with Gasteiger partial charge in [-0.1, -0.05) is 81.8 Å². The van der Waals surface area contributed by atoms with Gasteiger partial charge in [0.15, 0.2) is 3.95 Å². The fraction of sp³-hybridized carbons (Fsp3) is 0.308. The Balaban J connectivity index is 0.000000474. The molecule has 4 heteroatoms. The standard InChI is InChI=1S/C19H23NS2.C5H5N.C2H6/c1-4-7-9-12-15(5-2)17-18(16-13-10-8-11-14-16)22-19(21)20(17)6-3;1-2-4-6-5-3-1;1-2/h5,8-14H,4,6-7H2,1-3H3;1-5H;1-2H3/b12-9-,15-5+;;. The summed E-state index contributed by atoms with van der Waals surface area (Å²) in [5.41, 5.74) is 3.74. The van der Waals surface area contributed by atoms with Crippen LogP contribution in [0.2, 0.25) is 0 Å². The highest BCUT2D eigenvalue weighted by atomic mass is 32.1. The third-order valence-electron chi connectivity index (χ3n) is 4.15.